The average Bonchev–Trinajstić information content (AvgIpc) is 1.91. The van der Waals surface area contributed by atoms with Crippen molar-refractivity contribution in [2.24, 2.45) is 0 Å². The Morgan fingerprint density at radius 3 is 1.90 bits per heavy atom. The van der Waals surface area contributed by atoms with Gasteiger partial charge in [0.25, 0.3) is 0 Å². The largest absolute Gasteiger partial charge is 0.508 e. The number of phenolic OH excluding ortho intramolecular Hbond substituents is 1. The maximum atomic E-state index is 8.90. The van der Waals surface area contributed by atoms with Crippen LogP contribution in [0.4, 0.5) is 0 Å². The van der Waals surface area contributed by atoms with Gasteiger partial charge < -0.3 is 5.11 Å². The molecule has 0 atom stereocenters. The highest BCUT2D eigenvalue weighted by atomic mass is 31.1. The standard InChI is InChI=1S/C6H6O.CH3OP/c7-6-4-2-1-3-5-6;1-3-2/h1-5,7H;1H3. The van der Waals surface area contributed by atoms with Gasteiger partial charge in [0.15, 0.2) is 8.46 Å². The molecule has 0 aromatic heterocycles. The molecule has 0 heterocycles. The first-order valence-corrected chi connectivity index (χ1v) is 4.02. The van der Waals surface area contributed by atoms with Crippen LogP contribution < -0.4 is 0 Å². The molecule has 2 nitrogen and oxygen atoms in total. The Hall–Kier alpha value is -0.880. The second-order valence-electron chi connectivity index (χ2n) is 1.52. The van der Waals surface area contributed by atoms with Crippen molar-refractivity contribution >= 4 is 8.46 Å². The van der Waals surface area contributed by atoms with Gasteiger partial charge in [-0.25, -0.2) is 0 Å². The number of hydrogen-bond donors (Lipinski definition) is 1. The fraction of sp³-hybridized carbons (Fsp3) is 0.143. The van der Waals surface area contributed by atoms with E-state index in [0.717, 1.165) is 0 Å². The number of hydrogen-bond acceptors (Lipinski definition) is 2. The molecule has 3 heteroatoms. The van der Waals surface area contributed by atoms with Crippen LogP contribution in [0.15, 0.2) is 30.3 Å². The van der Waals surface area contributed by atoms with Crippen molar-refractivity contribution in [1.82, 2.24) is 0 Å². The van der Waals surface area contributed by atoms with Gasteiger partial charge in [-0.15, -0.1) is 0 Å². The van der Waals surface area contributed by atoms with Gasteiger partial charge >= 0.3 is 0 Å². The monoisotopic (exact) mass is 156 g/mol. The molecule has 0 saturated carbocycles. The second kappa shape index (κ2) is 6.24. The number of aromatic hydroxyl groups is 1. The number of benzene rings is 1. The summed E-state index contributed by atoms with van der Waals surface area (Å²) in [5, 5.41) is 8.63. The molecular formula is C7H9O2P. The smallest absolute Gasteiger partial charge is 0.151 e. The van der Waals surface area contributed by atoms with Crippen LogP contribution >= 0.6 is 8.46 Å². The van der Waals surface area contributed by atoms with Gasteiger partial charge in [-0.2, -0.15) is 0 Å². The fourth-order valence-electron chi connectivity index (χ4n) is 0.428. The maximum absolute atomic E-state index is 8.90. The zero-order valence-electron chi connectivity index (χ0n) is 5.69. The van der Waals surface area contributed by atoms with Gasteiger partial charge in [-0.1, -0.05) is 18.2 Å². The lowest BCUT2D eigenvalue weighted by molar-refractivity contribution is 0.475. The number of para-hydroxylation sites is 1. The molecule has 1 aromatic rings. The highest BCUT2D eigenvalue weighted by Crippen LogP contribution is 2.02. The van der Waals surface area contributed by atoms with Crippen molar-refractivity contribution in [3.63, 3.8) is 0 Å². The first kappa shape index (κ1) is 9.12. The summed E-state index contributed by atoms with van der Waals surface area (Å²) >= 11 is 0. The van der Waals surface area contributed by atoms with E-state index in [9.17, 15) is 0 Å². The minimum Gasteiger partial charge on any atom is -0.508 e. The van der Waals surface area contributed by atoms with Crippen LogP contribution in [0.1, 0.15) is 0 Å². The Labute approximate surface area is 61.7 Å². The first-order valence-electron chi connectivity index (χ1n) is 2.76. The molecular weight excluding hydrogens is 147 g/mol. The van der Waals surface area contributed by atoms with E-state index in [1.807, 2.05) is 6.07 Å². The minimum absolute atomic E-state index is 0.167. The summed E-state index contributed by atoms with van der Waals surface area (Å²) in [4.78, 5) is 0. The molecule has 0 spiro atoms. The third-order valence-corrected chi connectivity index (χ3v) is 0.756. The van der Waals surface area contributed by atoms with Gasteiger partial charge in [0.05, 0.1) is 0 Å². The molecule has 0 fully saturated rings. The van der Waals surface area contributed by atoms with E-state index in [1.165, 1.54) is 0 Å². The van der Waals surface area contributed by atoms with E-state index in [4.69, 9.17) is 9.67 Å². The van der Waals surface area contributed by atoms with Gasteiger partial charge in [0, 0.05) is 6.66 Å². The molecule has 0 aliphatic rings. The van der Waals surface area contributed by atoms with Gasteiger partial charge in [-0.05, 0) is 12.1 Å². The van der Waals surface area contributed by atoms with Gasteiger partial charge in [0.2, 0.25) is 0 Å². The van der Waals surface area contributed by atoms with Crippen LogP contribution in [-0.4, -0.2) is 11.8 Å². The zero-order valence-corrected chi connectivity index (χ0v) is 6.58. The highest BCUT2D eigenvalue weighted by Gasteiger charge is 1.74. The maximum Gasteiger partial charge on any atom is 0.151 e. The van der Waals surface area contributed by atoms with Crippen molar-refractivity contribution in [2.45, 2.75) is 0 Å². The van der Waals surface area contributed by atoms with E-state index >= 15 is 0 Å². The summed E-state index contributed by atoms with van der Waals surface area (Å²) in [7, 11) is 0.167. The first-order chi connectivity index (χ1) is 4.81. The summed E-state index contributed by atoms with van der Waals surface area (Å²) in [6, 6.07) is 8.71. The molecule has 1 aromatic carbocycles. The molecule has 1 N–H and O–H groups in total. The van der Waals surface area contributed by atoms with Crippen LogP contribution in [0.5, 0.6) is 5.75 Å². The summed E-state index contributed by atoms with van der Waals surface area (Å²) in [5.41, 5.74) is 0. The Morgan fingerprint density at radius 1 is 1.30 bits per heavy atom. The van der Waals surface area contributed by atoms with Crippen molar-refractivity contribution in [2.75, 3.05) is 6.66 Å². The lowest BCUT2D eigenvalue weighted by atomic mass is 10.3. The third-order valence-electron chi connectivity index (χ3n) is 0.756. The predicted octanol–water partition coefficient (Wildman–Crippen LogP) is 2.30. The van der Waals surface area contributed by atoms with Crippen LogP contribution in [-0.2, 0) is 4.57 Å². The lowest BCUT2D eigenvalue weighted by Gasteiger charge is -1.82. The molecule has 10 heavy (non-hydrogen) atoms. The van der Waals surface area contributed by atoms with Crippen LogP contribution in [0.2, 0.25) is 0 Å². The van der Waals surface area contributed by atoms with Gasteiger partial charge in [-0.3, -0.25) is 4.57 Å². The normalized spacial score (nSPS) is 8.10. The van der Waals surface area contributed by atoms with Crippen LogP contribution in [0, 0.1) is 0 Å². The van der Waals surface area contributed by atoms with Crippen molar-refractivity contribution < 1.29 is 9.67 Å². The predicted molar refractivity (Wildman–Crippen MR) is 41.6 cm³/mol. The molecule has 0 unspecified atom stereocenters. The minimum atomic E-state index is 0.167. The van der Waals surface area contributed by atoms with E-state index in [1.54, 1.807) is 30.9 Å². The molecule has 0 bridgehead atoms. The number of rotatable bonds is 0. The molecule has 54 valence electrons. The van der Waals surface area contributed by atoms with E-state index in [0.29, 0.717) is 5.75 Å². The average molecular weight is 156 g/mol. The summed E-state index contributed by atoms with van der Waals surface area (Å²) < 4.78 is 8.90. The summed E-state index contributed by atoms with van der Waals surface area (Å²) in [5.74, 6) is 0.322. The summed E-state index contributed by atoms with van der Waals surface area (Å²) in [6.45, 7) is 1.54. The Kier molecular flexibility index (Phi) is 5.69. The molecule has 1 rings (SSSR count). The molecule has 0 aliphatic carbocycles. The highest BCUT2D eigenvalue weighted by molar-refractivity contribution is 7.22. The van der Waals surface area contributed by atoms with Crippen LogP contribution in [0.3, 0.4) is 0 Å². The quantitative estimate of drug-likeness (QED) is 0.585. The zero-order chi connectivity index (χ0) is 7.82. The Bertz CT molecular complexity index is 174. The molecule has 0 aliphatic heterocycles. The SMILES string of the molecule is CP=O.Oc1ccccc1. The molecule has 0 radical (unpaired) electrons. The van der Waals surface area contributed by atoms with E-state index < -0.39 is 0 Å². The molecule has 0 saturated heterocycles. The van der Waals surface area contributed by atoms with E-state index in [2.05, 4.69) is 0 Å². The van der Waals surface area contributed by atoms with Crippen molar-refractivity contribution in [3.05, 3.63) is 30.3 Å². The second-order valence-corrected chi connectivity index (χ2v) is 1.88. The van der Waals surface area contributed by atoms with Crippen LogP contribution in [0.25, 0.3) is 0 Å². The Balaban J connectivity index is 0.000000236. The summed E-state index contributed by atoms with van der Waals surface area (Å²) in [6.07, 6.45) is 0. The van der Waals surface area contributed by atoms with Crippen molar-refractivity contribution in [3.8, 4) is 5.75 Å². The number of phenols is 1. The van der Waals surface area contributed by atoms with E-state index in [-0.39, 0.29) is 8.46 Å². The van der Waals surface area contributed by atoms with Crippen molar-refractivity contribution in [1.29, 1.82) is 0 Å². The third kappa shape index (κ3) is 5.26. The fourth-order valence-corrected chi connectivity index (χ4v) is 0.428. The lowest BCUT2D eigenvalue weighted by Crippen LogP contribution is -1.56. The van der Waals surface area contributed by atoms with Gasteiger partial charge in [0.1, 0.15) is 5.75 Å². The topological polar surface area (TPSA) is 37.3 Å². The molecule has 0 amide bonds. The Morgan fingerprint density at radius 2 is 1.70 bits per heavy atom.